The molecular weight excluding hydrogens is 262 g/mol. The lowest BCUT2D eigenvalue weighted by Crippen LogP contribution is -2.54. The van der Waals surface area contributed by atoms with Gasteiger partial charge >= 0.3 is 12.0 Å². The Morgan fingerprint density at radius 2 is 2.10 bits per heavy atom. The van der Waals surface area contributed by atoms with Crippen molar-refractivity contribution in [1.82, 2.24) is 10.2 Å². The van der Waals surface area contributed by atoms with E-state index < -0.39 is 29.9 Å². The lowest BCUT2D eigenvalue weighted by atomic mass is 10.0. The first-order chi connectivity index (χ1) is 9.47. The van der Waals surface area contributed by atoms with E-state index in [0.29, 0.717) is 19.4 Å². The molecule has 1 fully saturated rings. The highest BCUT2D eigenvalue weighted by Gasteiger charge is 2.31. The molecule has 3 amide bonds. The summed E-state index contributed by atoms with van der Waals surface area (Å²) in [6.45, 7) is 2.44. The summed E-state index contributed by atoms with van der Waals surface area (Å²) in [6, 6.07) is -0.992. The van der Waals surface area contributed by atoms with Gasteiger partial charge in [-0.15, -0.1) is 0 Å². The van der Waals surface area contributed by atoms with Crippen LogP contribution in [0.4, 0.5) is 4.79 Å². The van der Waals surface area contributed by atoms with E-state index in [-0.39, 0.29) is 6.54 Å². The maximum atomic E-state index is 12.1. The van der Waals surface area contributed by atoms with Crippen molar-refractivity contribution in [2.75, 3.05) is 13.1 Å². The zero-order valence-corrected chi connectivity index (χ0v) is 11.8. The van der Waals surface area contributed by atoms with Crippen LogP contribution in [0.25, 0.3) is 0 Å². The molecule has 0 saturated carbocycles. The van der Waals surface area contributed by atoms with E-state index in [2.05, 4.69) is 5.32 Å². The Balaban J connectivity index is 2.55. The van der Waals surface area contributed by atoms with Gasteiger partial charge in [-0.05, 0) is 25.7 Å². The maximum absolute atomic E-state index is 12.1. The maximum Gasteiger partial charge on any atom is 0.318 e. The van der Waals surface area contributed by atoms with Gasteiger partial charge in [-0.1, -0.05) is 13.3 Å². The quantitative estimate of drug-likeness (QED) is 0.661. The summed E-state index contributed by atoms with van der Waals surface area (Å²) in [5.41, 5.74) is 5.29. The van der Waals surface area contributed by atoms with Crippen molar-refractivity contribution in [3.05, 3.63) is 0 Å². The SMILES string of the molecule is CCCC(CNC(=O)N1CCCCC1C(N)=O)C(=O)O. The number of rotatable bonds is 6. The number of amides is 3. The summed E-state index contributed by atoms with van der Waals surface area (Å²) in [5, 5.41) is 11.6. The summed E-state index contributed by atoms with van der Waals surface area (Å²) in [5.74, 6) is -2.03. The second-order valence-corrected chi connectivity index (χ2v) is 5.12. The summed E-state index contributed by atoms with van der Waals surface area (Å²) in [4.78, 5) is 35.8. The van der Waals surface area contributed by atoms with Gasteiger partial charge in [-0.2, -0.15) is 0 Å². The Hall–Kier alpha value is -1.79. The molecule has 2 unspecified atom stereocenters. The van der Waals surface area contributed by atoms with E-state index in [4.69, 9.17) is 10.8 Å². The van der Waals surface area contributed by atoms with Crippen LogP contribution in [-0.2, 0) is 9.59 Å². The van der Waals surface area contributed by atoms with E-state index in [0.717, 1.165) is 19.3 Å². The second-order valence-electron chi connectivity index (χ2n) is 5.12. The monoisotopic (exact) mass is 285 g/mol. The molecule has 2 atom stereocenters. The number of likely N-dealkylation sites (tertiary alicyclic amines) is 1. The molecule has 7 heteroatoms. The number of primary amides is 1. The standard InChI is InChI=1S/C13H23N3O4/c1-2-5-9(12(18)19)8-15-13(20)16-7-4-3-6-10(16)11(14)17/h9-10H,2-8H2,1H3,(H2,14,17)(H,15,20)(H,18,19). The molecule has 4 N–H and O–H groups in total. The number of nitrogens with one attached hydrogen (secondary N) is 1. The Kier molecular flexibility index (Phi) is 6.27. The van der Waals surface area contributed by atoms with Crippen LogP contribution in [0.5, 0.6) is 0 Å². The molecule has 0 spiro atoms. The minimum atomic E-state index is -0.919. The number of carbonyl (C=O) groups is 3. The number of hydrogen-bond donors (Lipinski definition) is 3. The van der Waals surface area contributed by atoms with E-state index >= 15 is 0 Å². The molecule has 0 aliphatic carbocycles. The van der Waals surface area contributed by atoms with Gasteiger partial charge in [0.15, 0.2) is 0 Å². The van der Waals surface area contributed by atoms with Gasteiger partial charge in [0.2, 0.25) is 5.91 Å². The number of carbonyl (C=O) groups excluding carboxylic acids is 2. The van der Waals surface area contributed by atoms with Crippen LogP contribution in [0.15, 0.2) is 0 Å². The van der Waals surface area contributed by atoms with Crippen molar-refractivity contribution < 1.29 is 19.5 Å². The fourth-order valence-corrected chi connectivity index (χ4v) is 2.44. The Morgan fingerprint density at radius 3 is 2.65 bits per heavy atom. The lowest BCUT2D eigenvalue weighted by Gasteiger charge is -2.33. The molecule has 0 bridgehead atoms. The second kappa shape index (κ2) is 7.72. The first-order valence-electron chi connectivity index (χ1n) is 7.04. The minimum Gasteiger partial charge on any atom is -0.481 e. The number of carboxylic acids is 1. The summed E-state index contributed by atoms with van der Waals surface area (Å²) in [6.07, 6.45) is 3.51. The molecule has 1 saturated heterocycles. The van der Waals surface area contributed by atoms with Crippen molar-refractivity contribution in [3.63, 3.8) is 0 Å². The van der Waals surface area contributed by atoms with Crippen LogP contribution < -0.4 is 11.1 Å². The van der Waals surface area contributed by atoms with Crippen LogP contribution in [0.2, 0.25) is 0 Å². The third kappa shape index (κ3) is 4.40. The van der Waals surface area contributed by atoms with Crippen LogP contribution in [0.3, 0.4) is 0 Å². The zero-order valence-electron chi connectivity index (χ0n) is 11.8. The number of nitrogens with zero attached hydrogens (tertiary/aromatic N) is 1. The number of piperidine rings is 1. The van der Waals surface area contributed by atoms with Gasteiger partial charge < -0.3 is 21.1 Å². The van der Waals surface area contributed by atoms with Crippen molar-refractivity contribution in [1.29, 1.82) is 0 Å². The van der Waals surface area contributed by atoms with Gasteiger partial charge in [-0.3, -0.25) is 9.59 Å². The molecule has 20 heavy (non-hydrogen) atoms. The molecular formula is C13H23N3O4. The van der Waals surface area contributed by atoms with Gasteiger partial charge in [0.05, 0.1) is 5.92 Å². The average molecular weight is 285 g/mol. The number of urea groups is 1. The number of nitrogens with two attached hydrogens (primary N) is 1. The predicted molar refractivity (Wildman–Crippen MR) is 73.0 cm³/mol. The summed E-state index contributed by atoms with van der Waals surface area (Å²) in [7, 11) is 0. The van der Waals surface area contributed by atoms with E-state index in [1.807, 2.05) is 6.92 Å². The van der Waals surface area contributed by atoms with E-state index in [9.17, 15) is 14.4 Å². The topological polar surface area (TPSA) is 113 Å². The van der Waals surface area contributed by atoms with Gasteiger partial charge in [0, 0.05) is 13.1 Å². The fraction of sp³-hybridized carbons (Fsp3) is 0.769. The predicted octanol–water partition coefficient (Wildman–Crippen LogP) is 0.537. The minimum absolute atomic E-state index is 0.0734. The molecule has 0 aromatic rings. The van der Waals surface area contributed by atoms with Crippen LogP contribution >= 0.6 is 0 Å². The van der Waals surface area contributed by atoms with Gasteiger partial charge in [0.25, 0.3) is 0 Å². The number of carboxylic acid groups (broad SMARTS) is 1. The van der Waals surface area contributed by atoms with Crippen molar-refractivity contribution in [2.45, 2.75) is 45.1 Å². The molecule has 7 nitrogen and oxygen atoms in total. The molecule has 114 valence electrons. The largest absolute Gasteiger partial charge is 0.481 e. The van der Waals surface area contributed by atoms with E-state index in [1.165, 1.54) is 4.90 Å². The van der Waals surface area contributed by atoms with Crippen LogP contribution in [0.1, 0.15) is 39.0 Å². The Morgan fingerprint density at radius 1 is 1.40 bits per heavy atom. The third-order valence-corrected chi connectivity index (χ3v) is 3.58. The van der Waals surface area contributed by atoms with Crippen molar-refractivity contribution in [3.8, 4) is 0 Å². The van der Waals surface area contributed by atoms with Gasteiger partial charge in [-0.25, -0.2) is 4.79 Å². The van der Waals surface area contributed by atoms with E-state index in [1.54, 1.807) is 0 Å². The fourth-order valence-electron chi connectivity index (χ4n) is 2.44. The molecule has 0 radical (unpaired) electrons. The molecule has 1 heterocycles. The Bertz CT molecular complexity index is 373. The number of aliphatic carboxylic acids is 1. The average Bonchev–Trinajstić information content (AvgIpc) is 2.42. The van der Waals surface area contributed by atoms with Crippen molar-refractivity contribution >= 4 is 17.9 Å². The molecule has 1 aliphatic heterocycles. The molecule has 0 aromatic carbocycles. The molecule has 1 rings (SSSR count). The normalized spacial score (nSPS) is 20.2. The highest BCUT2D eigenvalue weighted by Crippen LogP contribution is 2.17. The lowest BCUT2D eigenvalue weighted by molar-refractivity contribution is -0.141. The van der Waals surface area contributed by atoms with Gasteiger partial charge in [0.1, 0.15) is 6.04 Å². The van der Waals surface area contributed by atoms with Crippen molar-refractivity contribution in [2.24, 2.45) is 11.7 Å². The smallest absolute Gasteiger partial charge is 0.318 e. The highest BCUT2D eigenvalue weighted by molar-refractivity contribution is 5.86. The third-order valence-electron chi connectivity index (χ3n) is 3.58. The zero-order chi connectivity index (χ0) is 15.1. The van der Waals surface area contributed by atoms with Crippen LogP contribution in [-0.4, -0.2) is 47.0 Å². The van der Waals surface area contributed by atoms with Crippen LogP contribution in [0, 0.1) is 5.92 Å². The number of hydrogen-bond acceptors (Lipinski definition) is 3. The molecule has 0 aromatic heterocycles. The first kappa shape index (κ1) is 16.3. The summed E-state index contributed by atoms with van der Waals surface area (Å²) >= 11 is 0. The molecule has 1 aliphatic rings. The Labute approximate surface area is 118 Å². The summed E-state index contributed by atoms with van der Waals surface area (Å²) < 4.78 is 0. The first-order valence-corrected chi connectivity index (χ1v) is 7.04. The highest BCUT2D eigenvalue weighted by atomic mass is 16.4.